The van der Waals surface area contributed by atoms with E-state index in [0.29, 0.717) is 23.9 Å². The molecule has 0 N–H and O–H groups in total. The van der Waals surface area contributed by atoms with Crippen molar-refractivity contribution in [3.63, 3.8) is 0 Å². The maximum atomic E-state index is 13.4. The molecule has 0 saturated carbocycles. The molecule has 0 radical (unpaired) electrons. The number of anilines is 1. The van der Waals surface area contributed by atoms with Gasteiger partial charge in [0.15, 0.2) is 5.76 Å². The Labute approximate surface area is 198 Å². The number of carbonyl (C=O) groups is 1. The summed E-state index contributed by atoms with van der Waals surface area (Å²) in [5, 5.41) is 0. The molecule has 0 atom stereocenters. The van der Waals surface area contributed by atoms with Crippen molar-refractivity contribution in [1.82, 2.24) is 9.97 Å². The number of pyridine rings is 1. The fourth-order valence-electron chi connectivity index (χ4n) is 4.32. The van der Waals surface area contributed by atoms with Gasteiger partial charge in [-0.1, -0.05) is 24.3 Å². The van der Waals surface area contributed by atoms with Crippen molar-refractivity contribution in [3.05, 3.63) is 78.2 Å². The average molecular weight is 456 g/mol. The SMILES string of the molecule is COc1ccc(CN2C(=O)C(C)(C)c3ccc(-c4cnc(-c5ccncc5OC)o4)cc32)cc1. The zero-order chi connectivity index (χ0) is 23.9. The Kier molecular flexibility index (Phi) is 5.32. The minimum atomic E-state index is -0.614. The van der Waals surface area contributed by atoms with Gasteiger partial charge in [0.1, 0.15) is 11.5 Å². The Morgan fingerprint density at radius 3 is 2.53 bits per heavy atom. The van der Waals surface area contributed by atoms with Gasteiger partial charge in [-0.05, 0) is 49.2 Å². The van der Waals surface area contributed by atoms with E-state index in [1.54, 1.807) is 38.9 Å². The summed E-state index contributed by atoms with van der Waals surface area (Å²) in [6, 6.07) is 15.5. The van der Waals surface area contributed by atoms with Crippen LogP contribution in [0.2, 0.25) is 0 Å². The maximum absolute atomic E-state index is 13.4. The topological polar surface area (TPSA) is 77.7 Å². The highest BCUT2D eigenvalue weighted by Gasteiger charge is 2.43. The van der Waals surface area contributed by atoms with Crippen LogP contribution in [-0.2, 0) is 16.8 Å². The van der Waals surface area contributed by atoms with E-state index >= 15 is 0 Å². The van der Waals surface area contributed by atoms with E-state index in [1.807, 2.05) is 61.2 Å². The van der Waals surface area contributed by atoms with E-state index in [9.17, 15) is 4.79 Å². The molecule has 0 aliphatic carbocycles. The third-order valence-electron chi connectivity index (χ3n) is 6.27. The summed E-state index contributed by atoms with van der Waals surface area (Å²) >= 11 is 0. The Morgan fingerprint density at radius 1 is 1.00 bits per heavy atom. The number of hydrogen-bond acceptors (Lipinski definition) is 6. The summed E-state index contributed by atoms with van der Waals surface area (Å²) in [7, 11) is 3.22. The Balaban J connectivity index is 1.51. The van der Waals surface area contributed by atoms with Crippen molar-refractivity contribution in [2.75, 3.05) is 19.1 Å². The van der Waals surface area contributed by atoms with E-state index < -0.39 is 5.41 Å². The predicted octanol–water partition coefficient (Wildman–Crippen LogP) is 5.25. The van der Waals surface area contributed by atoms with Crippen LogP contribution in [0.5, 0.6) is 11.5 Å². The molecule has 1 amide bonds. The Hall–Kier alpha value is -4.13. The minimum absolute atomic E-state index is 0.0650. The first-order valence-corrected chi connectivity index (χ1v) is 11.0. The molecule has 2 aromatic carbocycles. The molecule has 0 bridgehead atoms. The standard InChI is InChI=1S/C27H25N3O4/c1-27(2)21-10-7-18(23-15-29-25(34-23)20-11-12-28-14-24(20)33-4)13-22(21)30(26(27)31)16-17-5-8-19(32-3)9-6-17/h5-15H,16H2,1-4H3. The minimum Gasteiger partial charge on any atom is -0.497 e. The Morgan fingerprint density at radius 2 is 1.79 bits per heavy atom. The second kappa shape index (κ2) is 8.33. The van der Waals surface area contributed by atoms with Gasteiger partial charge in [0.25, 0.3) is 0 Å². The van der Waals surface area contributed by atoms with Gasteiger partial charge >= 0.3 is 0 Å². The van der Waals surface area contributed by atoms with Gasteiger partial charge < -0.3 is 18.8 Å². The smallest absolute Gasteiger partial charge is 0.237 e. The van der Waals surface area contributed by atoms with Gasteiger partial charge in [0, 0.05) is 17.4 Å². The molecule has 7 nitrogen and oxygen atoms in total. The number of carbonyl (C=O) groups excluding carboxylic acids is 1. The molecule has 3 heterocycles. The summed E-state index contributed by atoms with van der Waals surface area (Å²) in [6.45, 7) is 4.40. The van der Waals surface area contributed by atoms with Crippen molar-refractivity contribution < 1.29 is 18.7 Å². The summed E-state index contributed by atoms with van der Waals surface area (Å²) in [6.07, 6.45) is 4.98. The van der Waals surface area contributed by atoms with Crippen LogP contribution >= 0.6 is 0 Å². The van der Waals surface area contributed by atoms with Crippen molar-refractivity contribution in [3.8, 4) is 34.3 Å². The first-order chi connectivity index (χ1) is 16.4. The molecule has 1 aliphatic heterocycles. The summed E-state index contributed by atoms with van der Waals surface area (Å²) in [5.74, 6) is 2.49. The Bertz CT molecular complexity index is 1360. The third-order valence-corrected chi connectivity index (χ3v) is 6.27. The molecule has 172 valence electrons. The van der Waals surface area contributed by atoms with Crippen LogP contribution in [0.25, 0.3) is 22.8 Å². The lowest BCUT2D eigenvalue weighted by Crippen LogP contribution is -2.35. The number of fused-ring (bicyclic) bond motifs is 1. The number of nitrogens with zero attached hydrogens (tertiary/aromatic N) is 3. The highest BCUT2D eigenvalue weighted by Crippen LogP contribution is 2.44. The molecule has 2 aromatic heterocycles. The molecule has 0 unspecified atom stereocenters. The van der Waals surface area contributed by atoms with Crippen molar-refractivity contribution in [2.24, 2.45) is 0 Å². The monoisotopic (exact) mass is 455 g/mol. The van der Waals surface area contributed by atoms with Crippen LogP contribution in [0.1, 0.15) is 25.0 Å². The molecule has 5 rings (SSSR count). The lowest BCUT2D eigenvalue weighted by molar-refractivity contribution is -0.122. The third kappa shape index (κ3) is 3.59. The molecule has 1 aliphatic rings. The van der Waals surface area contributed by atoms with Gasteiger partial charge in [-0.25, -0.2) is 4.98 Å². The normalized spacial score (nSPS) is 14.2. The van der Waals surface area contributed by atoms with Crippen LogP contribution in [-0.4, -0.2) is 30.1 Å². The predicted molar refractivity (Wildman–Crippen MR) is 129 cm³/mol. The summed E-state index contributed by atoms with van der Waals surface area (Å²) in [5.41, 5.74) is 3.85. The van der Waals surface area contributed by atoms with Crippen molar-refractivity contribution in [1.29, 1.82) is 0 Å². The molecule has 7 heteroatoms. The highest BCUT2D eigenvalue weighted by atomic mass is 16.5. The lowest BCUT2D eigenvalue weighted by Gasteiger charge is -2.20. The molecule has 34 heavy (non-hydrogen) atoms. The van der Waals surface area contributed by atoms with Crippen molar-refractivity contribution in [2.45, 2.75) is 25.8 Å². The average Bonchev–Trinajstić information content (AvgIpc) is 3.43. The van der Waals surface area contributed by atoms with E-state index in [1.165, 1.54) is 0 Å². The number of benzene rings is 2. The maximum Gasteiger partial charge on any atom is 0.237 e. The quantitative estimate of drug-likeness (QED) is 0.395. The molecule has 4 aromatic rings. The van der Waals surface area contributed by atoms with Crippen molar-refractivity contribution >= 4 is 11.6 Å². The number of methoxy groups -OCH3 is 2. The lowest BCUT2D eigenvalue weighted by atomic mass is 9.86. The van der Waals surface area contributed by atoms with Gasteiger partial charge in [0.05, 0.1) is 44.1 Å². The largest absolute Gasteiger partial charge is 0.497 e. The van der Waals surface area contributed by atoms with E-state index in [0.717, 1.165) is 33.7 Å². The number of hydrogen-bond donors (Lipinski definition) is 0. The first kappa shape index (κ1) is 21.7. The van der Waals surface area contributed by atoms with Gasteiger partial charge in [-0.2, -0.15) is 0 Å². The number of amides is 1. The number of ether oxygens (including phenoxy) is 2. The molecular formula is C27H25N3O4. The zero-order valence-corrected chi connectivity index (χ0v) is 19.5. The second-order valence-corrected chi connectivity index (χ2v) is 8.70. The highest BCUT2D eigenvalue weighted by molar-refractivity contribution is 6.08. The van der Waals surface area contributed by atoms with Crippen LogP contribution in [0.15, 0.2) is 71.5 Å². The van der Waals surface area contributed by atoms with Crippen LogP contribution in [0, 0.1) is 0 Å². The van der Waals surface area contributed by atoms with E-state index in [2.05, 4.69) is 9.97 Å². The molecular weight excluding hydrogens is 430 g/mol. The van der Waals surface area contributed by atoms with Crippen LogP contribution < -0.4 is 14.4 Å². The fraction of sp³-hybridized carbons (Fsp3) is 0.222. The number of rotatable bonds is 6. The van der Waals surface area contributed by atoms with Gasteiger partial charge in [0.2, 0.25) is 11.8 Å². The number of oxazole rings is 1. The molecule has 0 saturated heterocycles. The van der Waals surface area contributed by atoms with E-state index in [-0.39, 0.29) is 5.91 Å². The fourth-order valence-corrected chi connectivity index (χ4v) is 4.32. The van der Waals surface area contributed by atoms with E-state index in [4.69, 9.17) is 13.9 Å². The second-order valence-electron chi connectivity index (χ2n) is 8.70. The zero-order valence-electron chi connectivity index (χ0n) is 19.5. The van der Waals surface area contributed by atoms with Gasteiger partial charge in [-0.15, -0.1) is 0 Å². The number of aromatic nitrogens is 2. The van der Waals surface area contributed by atoms with Crippen LogP contribution in [0.3, 0.4) is 0 Å². The van der Waals surface area contributed by atoms with Gasteiger partial charge in [-0.3, -0.25) is 9.78 Å². The molecule has 0 fully saturated rings. The van der Waals surface area contributed by atoms with Crippen LogP contribution in [0.4, 0.5) is 5.69 Å². The first-order valence-electron chi connectivity index (χ1n) is 11.0. The molecule has 0 spiro atoms. The summed E-state index contributed by atoms with van der Waals surface area (Å²) < 4.78 is 16.7. The summed E-state index contributed by atoms with van der Waals surface area (Å²) in [4.78, 5) is 23.7.